The van der Waals surface area contributed by atoms with Crippen LogP contribution in [0.15, 0.2) is 48.5 Å². The Morgan fingerprint density at radius 3 is 2.41 bits per heavy atom. The number of hydrogen-bond acceptors (Lipinski definition) is 1. The van der Waals surface area contributed by atoms with E-state index in [-0.39, 0.29) is 11.3 Å². The standard InChI is InChI=1S/C20H23NO/c1-15-8-6-11-18(16(15)2)19(22)21-14-20(12-7-13-20)17-9-4-3-5-10-17/h3-6,8-11H,7,12-14H2,1-2H3,(H,21,22). The molecule has 22 heavy (non-hydrogen) atoms. The van der Waals surface area contributed by atoms with Gasteiger partial charge in [-0.2, -0.15) is 0 Å². The van der Waals surface area contributed by atoms with E-state index in [0.29, 0.717) is 0 Å². The second-order valence-corrected chi connectivity index (χ2v) is 6.43. The van der Waals surface area contributed by atoms with Crippen LogP contribution < -0.4 is 5.32 Å². The molecule has 2 heteroatoms. The summed E-state index contributed by atoms with van der Waals surface area (Å²) in [5.41, 5.74) is 4.51. The highest BCUT2D eigenvalue weighted by Crippen LogP contribution is 2.43. The van der Waals surface area contributed by atoms with E-state index in [1.54, 1.807) is 0 Å². The van der Waals surface area contributed by atoms with E-state index >= 15 is 0 Å². The van der Waals surface area contributed by atoms with Crippen LogP contribution in [0.4, 0.5) is 0 Å². The molecule has 0 bridgehead atoms. The molecule has 1 aliphatic rings. The Morgan fingerprint density at radius 2 is 1.77 bits per heavy atom. The van der Waals surface area contributed by atoms with E-state index in [1.807, 2.05) is 38.1 Å². The van der Waals surface area contributed by atoms with Crippen molar-refractivity contribution in [2.24, 2.45) is 0 Å². The van der Waals surface area contributed by atoms with Gasteiger partial charge in [0.05, 0.1) is 0 Å². The molecule has 0 spiro atoms. The molecule has 114 valence electrons. The third kappa shape index (κ3) is 2.66. The minimum atomic E-state index is 0.0448. The summed E-state index contributed by atoms with van der Waals surface area (Å²) in [5.74, 6) is 0.0448. The van der Waals surface area contributed by atoms with Gasteiger partial charge in [-0.25, -0.2) is 0 Å². The summed E-state index contributed by atoms with van der Waals surface area (Å²) < 4.78 is 0. The Balaban J connectivity index is 1.74. The maximum Gasteiger partial charge on any atom is 0.251 e. The molecular formula is C20H23NO. The molecule has 1 fully saturated rings. The van der Waals surface area contributed by atoms with Gasteiger partial charge in [0.1, 0.15) is 0 Å². The molecule has 0 saturated heterocycles. The van der Waals surface area contributed by atoms with Crippen molar-refractivity contribution in [3.8, 4) is 0 Å². The van der Waals surface area contributed by atoms with Crippen LogP contribution in [0.2, 0.25) is 0 Å². The van der Waals surface area contributed by atoms with E-state index in [2.05, 4.69) is 29.6 Å². The second-order valence-electron chi connectivity index (χ2n) is 6.43. The van der Waals surface area contributed by atoms with Crippen LogP contribution in [0.1, 0.15) is 46.3 Å². The average molecular weight is 293 g/mol. The van der Waals surface area contributed by atoms with Gasteiger partial charge < -0.3 is 5.32 Å². The number of carbonyl (C=O) groups is 1. The summed E-state index contributed by atoms with van der Waals surface area (Å²) >= 11 is 0. The summed E-state index contributed by atoms with van der Waals surface area (Å²) in [6.07, 6.45) is 3.56. The Morgan fingerprint density at radius 1 is 1.05 bits per heavy atom. The van der Waals surface area contributed by atoms with Crippen molar-refractivity contribution in [3.05, 3.63) is 70.8 Å². The van der Waals surface area contributed by atoms with Crippen molar-refractivity contribution in [1.29, 1.82) is 0 Å². The van der Waals surface area contributed by atoms with Gasteiger partial charge >= 0.3 is 0 Å². The number of amides is 1. The number of aryl methyl sites for hydroxylation is 1. The number of carbonyl (C=O) groups excluding carboxylic acids is 1. The van der Waals surface area contributed by atoms with Gasteiger partial charge in [0.25, 0.3) is 5.91 Å². The Hall–Kier alpha value is -2.09. The molecule has 0 heterocycles. The zero-order valence-corrected chi connectivity index (χ0v) is 13.4. The highest BCUT2D eigenvalue weighted by molar-refractivity contribution is 5.96. The van der Waals surface area contributed by atoms with Crippen LogP contribution in [0.25, 0.3) is 0 Å². The molecule has 0 aromatic heterocycles. The minimum Gasteiger partial charge on any atom is -0.351 e. The summed E-state index contributed by atoms with van der Waals surface area (Å²) in [6, 6.07) is 16.5. The zero-order chi connectivity index (χ0) is 15.6. The van der Waals surface area contributed by atoms with Crippen LogP contribution in [0.3, 0.4) is 0 Å². The molecule has 0 unspecified atom stereocenters. The van der Waals surface area contributed by atoms with E-state index in [1.165, 1.54) is 12.0 Å². The van der Waals surface area contributed by atoms with E-state index in [9.17, 15) is 4.79 Å². The maximum absolute atomic E-state index is 12.5. The van der Waals surface area contributed by atoms with Crippen molar-refractivity contribution in [2.75, 3.05) is 6.54 Å². The molecule has 0 atom stereocenters. The number of nitrogens with one attached hydrogen (secondary N) is 1. The van der Waals surface area contributed by atoms with Crippen molar-refractivity contribution in [2.45, 2.75) is 38.5 Å². The predicted molar refractivity (Wildman–Crippen MR) is 90.2 cm³/mol. The van der Waals surface area contributed by atoms with Crippen molar-refractivity contribution in [3.63, 3.8) is 0 Å². The van der Waals surface area contributed by atoms with Crippen LogP contribution in [-0.2, 0) is 5.41 Å². The third-order valence-corrected chi connectivity index (χ3v) is 5.13. The molecule has 0 aliphatic heterocycles. The van der Waals surface area contributed by atoms with E-state index in [0.717, 1.165) is 36.1 Å². The van der Waals surface area contributed by atoms with Crippen LogP contribution in [0.5, 0.6) is 0 Å². The van der Waals surface area contributed by atoms with Gasteiger partial charge in [-0.05, 0) is 49.4 Å². The zero-order valence-electron chi connectivity index (χ0n) is 13.4. The molecule has 1 saturated carbocycles. The SMILES string of the molecule is Cc1cccc(C(=O)NCC2(c3ccccc3)CCC2)c1C. The normalized spacial score (nSPS) is 15.9. The van der Waals surface area contributed by atoms with Crippen LogP contribution in [-0.4, -0.2) is 12.5 Å². The molecule has 2 aromatic rings. The summed E-state index contributed by atoms with van der Waals surface area (Å²) in [6.45, 7) is 4.79. The first-order chi connectivity index (χ1) is 10.6. The Labute approximate surface area is 132 Å². The van der Waals surface area contributed by atoms with Crippen molar-refractivity contribution >= 4 is 5.91 Å². The van der Waals surface area contributed by atoms with Gasteiger partial charge in [-0.1, -0.05) is 48.9 Å². The lowest BCUT2D eigenvalue weighted by Crippen LogP contribution is -2.45. The molecular weight excluding hydrogens is 270 g/mol. The van der Waals surface area contributed by atoms with Gasteiger partial charge in [0, 0.05) is 17.5 Å². The van der Waals surface area contributed by atoms with E-state index < -0.39 is 0 Å². The largest absolute Gasteiger partial charge is 0.351 e. The Bertz CT molecular complexity index is 671. The quantitative estimate of drug-likeness (QED) is 0.901. The molecule has 2 nitrogen and oxygen atoms in total. The van der Waals surface area contributed by atoms with E-state index in [4.69, 9.17) is 0 Å². The van der Waals surface area contributed by atoms with Gasteiger partial charge in [0.15, 0.2) is 0 Å². The number of rotatable bonds is 4. The smallest absolute Gasteiger partial charge is 0.251 e. The van der Waals surface area contributed by atoms with Crippen molar-refractivity contribution in [1.82, 2.24) is 5.32 Å². The van der Waals surface area contributed by atoms with Gasteiger partial charge in [0.2, 0.25) is 0 Å². The summed E-state index contributed by atoms with van der Waals surface area (Å²) in [4.78, 5) is 12.5. The molecule has 2 aromatic carbocycles. The maximum atomic E-state index is 12.5. The monoisotopic (exact) mass is 293 g/mol. The van der Waals surface area contributed by atoms with Gasteiger partial charge in [-0.15, -0.1) is 0 Å². The van der Waals surface area contributed by atoms with Crippen LogP contribution in [0, 0.1) is 13.8 Å². The second kappa shape index (κ2) is 5.96. The molecule has 1 N–H and O–H groups in total. The third-order valence-electron chi connectivity index (χ3n) is 5.13. The Kier molecular flexibility index (Phi) is 4.02. The lowest BCUT2D eigenvalue weighted by Gasteiger charge is -2.42. The van der Waals surface area contributed by atoms with Crippen molar-refractivity contribution < 1.29 is 4.79 Å². The lowest BCUT2D eigenvalue weighted by molar-refractivity contribution is 0.0927. The highest BCUT2D eigenvalue weighted by atomic mass is 16.1. The van der Waals surface area contributed by atoms with Crippen LogP contribution >= 0.6 is 0 Å². The summed E-state index contributed by atoms with van der Waals surface area (Å²) in [5, 5.41) is 3.17. The first kappa shape index (κ1) is 14.8. The molecule has 1 amide bonds. The topological polar surface area (TPSA) is 29.1 Å². The molecule has 0 radical (unpaired) electrons. The number of hydrogen-bond donors (Lipinski definition) is 1. The van der Waals surface area contributed by atoms with Gasteiger partial charge in [-0.3, -0.25) is 4.79 Å². The predicted octanol–water partition coefficient (Wildman–Crippen LogP) is 4.16. The minimum absolute atomic E-state index is 0.0448. The average Bonchev–Trinajstić information content (AvgIpc) is 2.50. The lowest BCUT2D eigenvalue weighted by atomic mass is 9.64. The molecule has 1 aliphatic carbocycles. The first-order valence-electron chi connectivity index (χ1n) is 8.02. The number of benzene rings is 2. The molecule has 3 rings (SSSR count). The fourth-order valence-electron chi connectivity index (χ4n) is 3.30. The fourth-order valence-corrected chi connectivity index (χ4v) is 3.30. The first-order valence-corrected chi connectivity index (χ1v) is 8.02. The highest BCUT2D eigenvalue weighted by Gasteiger charge is 2.38. The fraction of sp³-hybridized carbons (Fsp3) is 0.350. The summed E-state index contributed by atoms with van der Waals surface area (Å²) in [7, 11) is 0.